The largest absolute Gasteiger partial charge is 0.451 e. The molecule has 0 aliphatic rings. The fraction of sp³-hybridized carbons (Fsp3) is 0. The van der Waals surface area contributed by atoms with E-state index < -0.39 is 10.8 Å². The van der Waals surface area contributed by atoms with Crippen LogP contribution in [0.1, 0.15) is 10.6 Å². The molecule has 168 valence electrons. The normalized spacial score (nSPS) is 11.0. The van der Waals surface area contributed by atoms with E-state index >= 15 is 0 Å². The van der Waals surface area contributed by atoms with Crippen LogP contribution in [0.2, 0.25) is 10.0 Å². The van der Waals surface area contributed by atoms with Crippen molar-refractivity contribution in [3.63, 3.8) is 0 Å². The summed E-state index contributed by atoms with van der Waals surface area (Å²) in [6.07, 6.45) is 0. The zero-order chi connectivity index (χ0) is 23.8. The molecule has 0 spiro atoms. The SMILES string of the molecule is O=C(Nc1ccc2oc(-c3cc(Cl)ccc3Cl)nc2c1)c1ccc(-c2ccccc2[N+](=O)[O-])o1. The van der Waals surface area contributed by atoms with Crippen LogP contribution in [0.3, 0.4) is 0 Å². The molecule has 0 bridgehead atoms. The Hall–Kier alpha value is -4.14. The first-order chi connectivity index (χ1) is 16.4. The average molecular weight is 494 g/mol. The maximum absolute atomic E-state index is 12.7. The Morgan fingerprint density at radius 2 is 1.76 bits per heavy atom. The molecule has 0 saturated heterocycles. The monoisotopic (exact) mass is 493 g/mol. The molecule has 1 N–H and O–H groups in total. The minimum absolute atomic E-state index is 0.000186. The molecular formula is C24H13Cl2N3O5. The Bertz CT molecular complexity index is 1570. The molecule has 5 aromatic rings. The number of oxazole rings is 1. The number of anilines is 1. The number of halogens is 2. The first kappa shape index (κ1) is 21.7. The lowest BCUT2D eigenvalue weighted by molar-refractivity contribution is -0.384. The molecular weight excluding hydrogens is 481 g/mol. The smallest absolute Gasteiger partial charge is 0.291 e. The zero-order valence-electron chi connectivity index (χ0n) is 17.1. The van der Waals surface area contributed by atoms with Gasteiger partial charge < -0.3 is 14.2 Å². The van der Waals surface area contributed by atoms with Crippen LogP contribution in [-0.4, -0.2) is 15.8 Å². The van der Waals surface area contributed by atoms with Gasteiger partial charge in [-0.2, -0.15) is 0 Å². The van der Waals surface area contributed by atoms with E-state index in [1.54, 1.807) is 54.6 Å². The van der Waals surface area contributed by atoms with Gasteiger partial charge >= 0.3 is 0 Å². The van der Waals surface area contributed by atoms with Crippen molar-refractivity contribution in [1.82, 2.24) is 4.98 Å². The van der Waals surface area contributed by atoms with E-state index in [1.807, 2.05) is 0 Å². The molecule has 10 heteroatoms. The highest BCUT2D eigenvalue weighted by molar-refractivity contribution is 6.35. The lowest BCUT2D eigenvalue weighted by Crippen LogP contribution is -2.10. The van der Waals surface area contributed by atoms with Crippen molar-refractivity contribution < 1.29 is 18.6 Å². The van der Waals surface area contributed by atoms with Crippen LogP contribution in [0.15, 0.2) is 81.6 Å². The first-order valence-electron chi connectivity index (χ1n) is 9.90. The molecule has 1 amide bonds. The molecule has 5 rings (SSSR count). The van der Waals surface area contributed by atoms with Gasteiger partial charge in [0.15, 0.2) is 11.3 Å². The number of aromatic nitrogens is 1. The van der Waals surface area contributed by atoms with Crippen molar-refractivity contribution in [2.24, 2.45) is 0 Å². The summed E-state index contributed by atoms with van der Waals surface area (Å²) in [6, 6.07) is 19.0. The number of para-hydroxylation sites is 1. The number of nitrogens with one attached hydrogen (secondary N) is 1. The Morgan fingerprint density at radius 3 is 2.59 bits per heavy atom. The van der Waals surface area contributed by atoms with E-state index in [4.69, 9.17) is 32.0 Å². The summed E-state index contributed by atoms with van der Waals surface area (Å²) in [5.41, 5.74) is 2.18. The van der Waals surface area contributed by atoms with E-state index in [2.05, 4.69) is 10.3 Å². The molecule has 3 aromatic carbocycles. The molecule has 2 aromatic heterocycles. The fourth-order valence-corrected chi connectivity index (χ4v) is 3.79. The van der Waals surface area contributed by atoms with E-state index in [9.17, 15) is 14.9 Å². The molecule has 2 heterocycles. The van der Waals surface area contributed by atoms with Crippen LogP contribution >= 0.6 is 23.2 Å². The second kappa shape index (κ2) is 8.66. The number of amides is 1. The Balaban J connectivity index is 1.39. The summed E-state index contributed by atoms with van der Waals surface area (Å²) < 4.78 is 11.4. The molecule has 0 unspecified atom stereocenters. The number of benzene rings is 3. The maximum Gasteiger partial charge on any atom is 0.291 e. The number of carbonyl (C=O) groups is 1. The molecule has 0 atom stereocenters. The second-order valence-corrected chi connectivity index (χ2v) is 8.06. The highest BCUT2D eigenvalue weighted by atomic mass is 35.5. The lowest BCUT2D eigenvalue weighted by atomic mass is 10.1. The van der Waals surface area contributed by atoms with Crippen molar-refractivity contribution in [3.8, 4) is 22.8 Å². The minimum Gasteiger partial charge on any atom is -0.451 e. The molecule has 0 aliphatic heterocycles. The molecule has 0 aliphatic carbocycles. The third kappa shape index (κ3) is 4.12. The minimum atomic E-state index is -0.522. The molecule has 34 heavy (non-hydrogen) atoms. The van der Waals surface area contributed by atoms with Crippen molar-refractivity contribution in [3.05, 3.63) is 98.7 Å². The van der Waals surface area contributed by atoms with Gasteiger partial charge in [-0.15, -0.1) is 0 Å². The summed E-state index contributed by atoms with van der Waals surface area (Å²) in [4.78, 5) is 27.9. The number of nitrogens with zero attached hydrogens (tertiary/aromatic N) is 2. The van der Waals surface area contributed by atoms with Gasteiger partial charge in [0.25, 0.3) is 11.6 Å². The molecule has 8 nitrogen and oxygen atoms in total. The van der Waals surface area contributed by atoms with Gasteiger partial charge in [0.1, 0.15) is 11.3 Å². The lowest BCUT2D eigenvalue weighted by Gasteiger charge is -2.03. The van der Waals surface area contributed by atoms with Crippen LogP contribution in [0.5, 0.6) is 0 Å². The predicted octanol–water partition coefficient (Wildman–Crippen LogP) is 7.22. The summed E-state index contributed by atoms with van der Waals surface area (Å²) >= 11 is 12.3. The van der Waals surface area contributed by atoms with Crippen LogP contribution < -0.4 is 5.32 Å². The number of furan rings is 1. The topological polar surface area (TPSA) is 111 Å². The van der Waals surface area contributed by atoms with E-state index in [-0.39, 0.29) is 22.8 Å². The van der Waals surface area contributed by atoms with Gasteiger partial charge in [-0.05, 0) is 54.6 Å². The fourth-order valence-electron chi connectivity index (χ4n) is 3.42. The third-order valence-electron chi connectivity index (χ3n) is 5.00. The Labute approximate surface area is 201 Å². The van der Waals surface area contributed by atoms with Gasteiger partial charge in [-0.25, -0.2) is 4.98 Å². The Morgan fingerprint density at radius 1 is 0.941 bits per heavy atom. The first-order valence-corrected chi connectivity index (χ1v) is 10.7. The number of hydrogen-bond acceptors (Lipinski definition) is 6. The molecule has 0 fully saturated rings. The highest BCUT2D eigenvalue weighted by Crippen LogP contribution is 2.33. The van der Waals surface area contributed by atoms with Crippen LogP contribution in [0, 0.1) is 10.1 Å². The van der Waals surface area contributed by atoms with Crippen molar-refractivity contribution >= 4 is 51.6 Å². The zero-order valence-corrected chi connectivity index (χ0v) is 18.6. The van der Waals surface area contributed by atoms with E-state index in [1.165, 1.54) is 18.2 Å². The summed E-state index contributed by atoms with van der Waals surface area (Å²) in [5, 5.41) is 14.9. The number of carbonyl (C=O) groups excluding carboxylic acids is 1. The third-order valence-corrected chi connectivity index (χ3v) is 5.56. The van der Waals surface area contributed by atoms with E-state index in [0.717, 1.165) is 0 Å². The highest BCUT2D eigenvalue weighted by Gasteiger charge is 2.20. The Kier molecular flexibility index (Phi) is 5.53. The number of nitro groups is 1. The van der Waals surface area contributed by atoms with Crippen molar-refractivity contribution in [2.75, 3.05) is 5.32 Å². The molecule has 0 saturated carbocycles. The van der Waals surface area contributed by atoms with Gasteiger partial charge in [0.05, 0.1) is 21.1 Å². The van der Waals surface area contributed by atoms with Crippen LogP contribution in [0.25, 0.3) is 33.9 Å². The maximum atomic E-state index is 12.7. The van der Waals surface area contributed by atoms with Gasteiger partial charge in [0.2, 0.25) is 5.89 Å². The number of fused-ring (bicyclic) bond motifs is 1. The number of hydrogen-bond donors (Lipinski definition) is 1. The second-order valence-electron chi connectivity index (χ2n) is 7.22. The van der Waals surface area contributed by atoms with Crippen molar-refractivity contribution in [1.29, 1.82) is 0 Å². The molecule has 0 radical (unpaired) electrons. The average Bonchev–Trinajstić information content (AvgIpc) is 3.48. The quantitative estimate of drug-likeness (QED) is 0.204. The number of rotatable bonds is 5. The van der Waals surface area contributed by atoms with Crippen molar-refractivity contribution in [2.45, 2.75) is 0 Å². The van der Waals surface area contributed by atoms with Gasteiger partial charge in [-0.3, -0.25) is 14.9 Å². The summed E-state index contributed by atoms with van der Waals surface area (Å²) in [6.45, 7) is 0. The predicted molar refractivity (Wildman–Crippen MR) is 128 cm³/mol. The van der Waals surface area contributed by atoms with Crippen LogP contribution in [0.4, 0.5) is 11.4 Å². The standard InChI is InChI=1S/C24H13Cl2N3O5/c25-13-5-7-17(26)16(11-13)24-28-18-12-14(6-8-21(18)34-24)27-23(30)22-10-9-20(33-22)15-3-1-2-4-19(15)29(31)32/h1-12H,(H,27,30). The van der Waals surface area contributed by atoms with Crippen LogP contribution in [-0.2, 0) is 0 Å². The summed E-state index contributed by atoms with van der Waals surface area (Å²) in [5.74, 6) is -0.0101. The summed E-state index contributed by atoms with van der Waals surface area (Å²) in [7, 11) is 0. The van der Waals surface area contributed by atoms with E-state index in [0.29, 0.717) is 38.3 Å². The van der Waals surface area contributed by atoms with Gasteiger partial charge in [0, 0.05) is 16.8 Å². The number of nitro benzene ring substituents is 1. The van der Waals surface area contributed by atoms with Gasteiger partial charge in [-0.1, -0.05) is 35.3 Å².